The van der Waals surface area contributed by atoms with Crippen molar-refractivity contribution in [1.82, 2.24) is 4.98 Å². The lowest BCUT2D eigenvalue weighted by Gasteiger charge is -2.17. The van der Waals surface area contributed by atoms with E-state index >= 15 is 0 Å². The molecule has 0 atom stereocenters. The maximum absolute atomic E-state index is 12.9. The lowest BCUT2D eigenvalue weighted by molar-refractivity contribution is -0.142. The molecule has 0 bridgehead atoms. The Kier molecular flexibility index (Phi) is 5.04. The lowest BCUT2D eigenvalue weighted by Crippen LogP contribution is -2.18. The van der Waals surface area contributed by atoms with E-state index in [-0.39, 0.29) is 0 Å². The molecule has 0 N–H and O–H groups in total. The fourth-order valence-corrected chi connectivity index (χ4v) is 2.08. The molecule has 1 aromatic rings. The van der Waals surface area contributed by atoms with Crippen LogP contribution in [0.1, 0.15) is 23.1 Å². The molecule has 1 aromatic heterocycles. The van der Waals surface area contributed by atoms with Crippen molar-refractivity contribution in [1.29, 1.82) is 0 Å². The molecule has 0 aliphatic carbocycles. The number of esters is 1. The average molecular weight is 395 g/mol. The summed E-state index contributed by atoms with van der Waals surface area (Å²) in [4.78, 5) is 14.5. The third-order valence-electron chi connectivity index (χ3n) is 2.21. The van der Waals surface area contributed by atoms with Crippen molar-refractivity contribution in [2.24, 2.45) is 0 Å². The first kappa shape index (κ1) is 16.1. The Morgan fingerprint density at radius 2 is 2.05 bits per heavy atom. The molecular formula is C10H7F5INO2. The molecule has 19 heavy (non-hydrogen) atoms. The number of carbonyl (C=O) groups excluding carboxylic acids is 1. The topological polar surface area (TPSA) is 39.2 Å². The van der Waals surface area contributed by atoms with Gasteiger partial charge in [-0.05, 0) is 28.2 Å². The van der Waals surface area contributed by atoms with E-state index in [1.807, 2.05) is 0 Å². The first-order valence-electron chi connectivity index (χ1n) is 4.78. The Bertz CT molecular complexity index is 490. The summed E-state index contributed by atoms with van der Waals surface area (Å²) < 4.78 is 68.0. The van der Waals surface area contributed by atoms with Crippen molar-refractivity contribution >= 4 is 28.6 Å². The zero-order valence-corrected chi connectivity index (χ0v) is 11.6. The number of carbonyl (C=O) groups is 1. The summed E-state index contributed by atoms with van der Waals surface area (Å²) in [7, 11) is 0.990. The van der Waals surface area contributed by atoms with Crippen LogP contribution in [0, 0.1) is 3.70 Å². The number of methoxy groups -OCH3 is 1. The smallest absolute Gasteiger partial charge is 0.417 e. The second-order valence-electron chi connectivity index (χ2n) is 3.41. The Hall–Kier alpha value is -1.00. The summed E-state index contributed by atoms with van der Waals surface area (Å²) in [5.41, 5.74) is -3.36. The van der Waals surface area contributed by atoms with Gasteiger partial charge in [0.15, 0.2) is 0 Å². The van der Waals surface area contributed by atoms with Gasteiger partial charge in [-0.3, -0.25) is 4.79 Å². The van der Waals surface area contributed by atoms with Crippen LogP contribution in [0.3, 0.4) is 0 Å². The number of ether oxygens (including phenoxy) is 1. The van der Waals surface area contributed by atoms with Crippen molar-refractivity contribution in [2.45, 2.75) is 19.0 Å². The molecule has 0 aliphatic rings. The van der Waals surface area contributed by atoms with Crippen LogP contribution in [0.5, 0.6) is 0 Å². The van der Waals surface area contributed by atoms with Crippen LogP contribution in [0.25, 0.3) is 0 Å². The standard InChI is InChI=1S/C10H7F5INO2/c1-19-5(18)2-4-3-17-9(16)6(8(11)12)7(4)10(13,14)15/h3,8H,2H2,1H3. The minimum atomic E-state index is -5.00. The van der Waals surface area contributed by atoms with Gasteiger partial charge < -0.3 is 4.74 Å². The van der Waals surface area contributed by atoms with Gasteiger partial charge in [-0.25, -0.2) is 13.8 Å². The molecular weight excluding hydrogens is 388 g/mol. The van der Waals surface area contributed by atoms with Gasteiger partial charge in [-0.1, -0.05) is 0 Å². The normalized spacial score (nSPS) is 11.8. The fourth-order valence-electron chi connectivity index (χ4n) is 1.44. The Morgan fingerprint density at radius 3 is 2.47 bits per heavy atom. The molecule has 1 rings (SSSR count). The molecule has 0 fully saturated rings. The molecule has 0 unspecified atom stereocenters. The highest BCUT2D eigenvalue weighted by Crippen LogP contribution is 2.40. The van der Waals surface area contributed by atoms with Gasteiger partial charge in [0.05, 0.1) is 24.7 Å². The lowest BCUT2D eigenvalue weighted by atomic mass is 10.0. The maximum atomic E-state index is 12.9. The minimum Gasteiger partial charge on any atom is -0.469 e. The van der Waals surface area contributed by atoms with E-state index in [0.717, 1.165) is 13.3 Å². The van der Waals surface area contributed by atoms with E-state index < -0.39 is 45.4 Å². The molecule has 1 heterocycles. The first-order chi connectivity index (χ1) is 8.68. The molecule has 0 aliphatic heterocycles. The number of hydrogen-bond acceptors (Lipinski definition) is 3. The monoisotopic (exact) mass is 395 g/mol. The number of nitrogens with zero attached hydrogens (tertiary/aromatic N) is 1. The number of alkyl halides is 5. The van der Waals surface area contributed by atoms with Crippen molar-refractivity contribution in [3.63, 3.8) is 0 Å². The molecule has 3 nitrogen and oxygen atoms in total. The van der Waals surface area contributed by atoms with Crippen LogP contribution in [0.4, 0.5) is 22.0 Å². The van der Waals surface area contributed by atoms with Crippen LogP contribution < -0.4 is 0 Å². The third kappa shape index (κ3) is 3.74. The van der Waals surface area contributed by atoms with Crippen LogP contribution in [0.15, 0.2) is 6.20 Å². The molecule has 0 spiro atoms. The summed E-state index contributed by atoms with van der Waals surface area (Å²) in [5, 5.41) is 0. The van der Waals surface area contributed by atoms with Gasteiger partial charge in [-0.15, -0.1) is 0 Å². The SMILES string of the molecule is COC(=O)Cc1cnc(I)c(C(F)F)c1C(F)(F)F. The predicted octanol–water partition coefficient (Wildman–Crippen LogP) is 3.36. The second-order valence-corrected chi connectivity index (χ2v) is 4.44. The maximum Gasteiger partial charge on any atom is 0.417 e. The zero-order valence-electron chi connectivity index (χ0n) is 9.39. The Morgan fingerprint density at radius 1 is 1.47 bits per heavy atom. The summed E-state index contributed by atoms with van der Waals surface area (Å²) >= 11 is 1.29. The Balaban J connectivity index is 3.48. The van der Waals surface area contributed by atoms with E-state index in [1.54, 1.807) is 0 Å². The molecule has 9 heteroatoms. The van der Waals surface area contributed by atoms with Crippen LogP contribution in [0.2, 0.25) is 0 Å². The van der Waals surface area contributed by atoms with E-state index in [0.29, 0.717) is 0 Å². The number of halogens is 6. The number of pyridine rings is 1. The largest absolute Gasteiger partial charge is 0.469 e. The van der Waals surface area contributed by atoms with Crippen molar-refractivity contribution in [3.05, 3.63) is 26.6 Å². The number of aromatic nitrogens is 1. The van der Waals surface area contributed by atoms with Crippen molar-refractivity contribution in [3.8, 4) is 0 Å². The summed E-state index contributed by atoms with van der Waals surface area (Å²) in [6, 6.07) is 0. The van der Waals surface area contributed by atoms with Gasteiger partial charge >= 0.3 is 12.1 Å². The summed E-state index contributed by atoms with van der Waals surface area (Å²) in [5.74, 6) is -0.964. The van der Waals surface area contributed by atoms with Crippen molar-refractivity contribution < 1.29 is 31.5 Å². The zero-order chi connectivity index (χ0) is 14.8. The second kappa shape index (κ2) is 5.97. The quantitative estimate of drug-likeness (QED) is 0.341. The van der Waals surface area contributed by atoms with Gasteiger partial charge in [0, 0.05) is 6.20 Å². The van der Waals surface area contributed by atoms with Crippen LogP contribution in [-0.4, -0.2) is 18.1 Å². The summed E-state index contributed by atoms with van der Waals surface area (Å²) in [6.45, 7) is 0. The van der Waals surface area contributed by atoms with Crippen LogP contribution >= 0.6 is 22.6 Å². The summed E-state index contributed by atoms with van der Waals surface area (Å²) in [6.07, 6.45) is -8.35. The average Bonchev–Trinajstić information content (AvgIpc) is 2.28. The number of hydrogen-bond donors (Lipinski definition) is 0. The highest BCUT2D eigenvalue weighted by atomic mass is 127. The van der Waals surface area contributed by atoms with E-state index in [4.69, 9.17) is 0 Å². The molecule has 0 saturated heterocycles. The Labute approximate surface area is 118 Å². The first-order valence-corrected chi connectivity index (χ1v) is 5.85. The fraction of sp³-hybridized carbons (Fsp3) is 0.400. The highest BCUT2D eigenvalue weighted by Gasteiger charge is 2.40. The minimum absolute atomic E-state index is 0.450. The van der Waals surface area contributed by atoms with E-state index in [9.17, 15) is 26.7 Å². The highest BCUT2D eigenvalue weighted by molar-refractivity contribution is 14.1. The van der Waals surface area contributed by atoms with Gasteiger partial charge in [-0.2, -0.15) is 13.2 Å². The molecule has 0 amide bonds. The number of rotatable bonds is 3. The van der Waals surface area contributed by atoms with Crippen LogP contribution in [-0.2, 0) is 22.1 Å². The molecule has 0 aromatic carbocycles. The van der Waals surface area contributed by atoms with Gasteiger partial charge in [0.1, 0.15) is 3.70 Å². The van der Waals surface area contributed by atoms with Gasteiger partial charge in [0.2, 0.25) is 0 Å². The van der Waals surface area contributed by atoms with Gasteiger partial charge in [0.25, 0.3) is 6.43 Å². The molecule has 106 valence electrons. The van der Waals surface area contributed by atoms with E-state index in [1.165, 1.54) is 22.6 Å². The third-order valence-corrected chi connectivity index (χ3v) is 3.07. The van der Waals surface area contributed by atoms with E-state index in [2.05, 4.69) is 9.72 Å². The molecule has 0 saturated carbocycles. The van der Waals surface area contributed by atoms with Crippen molar-refractivity contribution in [2.75, 3.05) is 7.11 Å². The predicted molar refractivity (Wildman–Crippen MR) is 62.6 cm³/mol. The molecule has 0 radical (unpaired) electrons.